The fourth-order valence-corrected chi connectivity index (χ4v) is 29.0. The zero-order valence-corrected chi connectivity index (χ0v) is 55.2. The molecule has 0 unspecified atom stereocenters. The molecular weight excluding hydrogens is 1140 g/mol. The Hall–Kier alpha value is -3.00. The topological polar surface area (TPSA) is 20.2 Å². The van der Waals surface area contributed by atoms with Crippen LogP contribution in [-0.2, 0) is 75.7 Å². The van der Waals surface area contributed by atoms with E-state index in [1.54, 1.807) is 41.1 Å². The summed E-state index contributed by atoms with van der Waals surface area (Å²) in [6.45, 7) is 17.9. The van der Waals surface area contributed by atoms with Crippen LogP contribution >= 0.6 is 0 Å². The molecule has 2 aromatic rings. The molecule has 2 aromatic carbocycles. The number of rotatable bonds is 6. The first-order valence-corrected chi connectivity index (χ1v) is 39.5. The van der Waals surface area contributed by atoms with E-state index < -0.39 is 0 Å². The molecule has 1 N–H and O–H groups in total. The SMILES string of the molecule is C.C[C@H](CCC#CC#CC#Cc1ccccc1)[C@H]1CC[C@H]2[C@@H]3CC=C4C[C@@H](O)CC[C@]4(C)[C@H]3CC[C@]12C.C[C@H]1CC[C@@]2(C)C(=CC[C@H]3[C@@H]4CC[C@H]([C@H](C)CCC#CC#CC#Cc5ccccc5)[C@@]4(C)CC[C@@H]32)C1.S=S=S=S=S=S=S=S. The van der Waals surface area contributed by atoms with Crippen LogP contribution in [0.4, 0.5) is 0 Å². The Labute approximate surface area is 519 Å². The van der Waals surface area contributed by atoms with Gasteiger partial charge in [0, 0.05) is 99.6 Å². The molecule has 0 saturated heterocycles. The van der Waals surface area contributed by atoms with Gasteiger partial charge >= 0.3 is 0 Å². The summed E-state index contributed by atoms with van der Waals surface area (Å²) in [5.74, 6) is 45.5. The first kappa shape index (κ1) is 65.5. The molecule has 1 nitrogen and oxygen atoms in total. The van der Waals surface area contributed by atoms with E-state index in [0.717, 1.165) is 96.0 Å². The van der Waals surface area contributed by atoms with E-state index in [2.05, 4.69) is 154 Å². The van der Waals surface area contributed by atoms with Crippen LogP contribution in [0.2, 0.25) is 0 Å². The molecule has 0 amide bonds. The van der Waals surface area contributed by atoms with Crippen LogP contribution < -0.4 is 0 Å². The van der Waals surface area contributed by atoms with Gasteiger partial charge in [0.2, 0.25) is 0 Å². The minimum atomic E-state index is -0.109. The summed E-state index contributed by atoms with van der Waals surface area (Å²) in [7, 11) is 9.12. The van der Waals surface area contributed by atoms with E-state index in [4.69, 9.17) is 0 Å². The summed E-state index contributed by atoms with van der Waals surface area (Å²) in [4.78, 5) is 0. The number of aliphatic hydroxyl groups is 1. The number of hydrogen-bond donors (Lipinski definition) is 1. The number of benzene rings is 2. The molecule has 6 saturated carbocycles. The van der Waals surface area contributed by atoms with E-state index in [-0.39, 0.29) is 13.5 Å². The summed E-state index contributed by atoms with van der Waals surface area (Å²) < 4.78 is 0. The van der Waals surface area contributed by atoms with Gasteiger partial charge in [0.05, 0.1) is 6.10 Å². The standard InChI is InChI=1S/C36H44.C35H42O.CH4.S8/c1-27-22-24-35(3)30(26-27)18-19-31-33-21-20-32(36(33,4)25-23-34(31)35)28(2)14-10-7-5-6-8-11-15-29-16-12-9-13-17-29;1-26(13-9-6-4-5-7-10-14-27-15-11-8-12-16-27)31-19-20-32-30-18-17-28-25-29(36)21-23-34(28,2)33(30)22-24-35(31,32)3;;1-3-5-7-8-6-4-2/h9,12-13,16-18,27-28,31-34H,10,14,19-26H2,1-4H3;8,11-12,15-17,26,29-33,36H,9,13,18-25H2,1-3H3;1H4;/t27-,28+,31-,32+,33-,34-,35-,36+;26-,29+,30+,31-,32+,33+,34+,35-;;/m01../s1. The minimum Gasteiger partial charge on any atom is -0.393 e. The molecule has 0 radical (unpaired) electrons. The molecule has 432 valence electrons. The predicted octanol–water partition coefficient (Wildman–Crippen LogP) is 16.7. The second-order valence-corrected chi connectivity index (χ2v) is 36.6. The van der Waals surface area contributed by atoms with Gasteiger partial charge in [-0.3, -0.25) is 0 Å². The monoisotopic (exact) mass is 1230 g/mol. The molecule has 0 heterocycles. The lowest BCUT2D eigenvalue weighted by molar-refractivity contribution is -0.0570. The van der Waals surface area contributed by atoms with Gasteiger partial charge in [0.25, 0.3) is 0 Å². The summed E-state index contributed by atoms with van der Waals surface area (Å²) in [6, 6.07) is 19.9. The zero-order valence-electron chi connectivity index (χ0n) is 48.7. The first-order chi connectivity index (χ1) is 38.7. The van der Waals surface area contributed by atoms with Crippen molar-refractivity contribution in [2.24, 2.45) is 86.8 Å². The van der Waals surface area contributed by atoms with Crippen molar-refractivity contribution >= 4 is 75.7 Å². The Morgan fingerprint density at radius 1 is 0.519 bits per heavy atom. The van der Waals surface area contributed by atoms with Crippen LogP contribution in [0.1, 0.15) is 195 Å². The Balaban J connectivity index is 0.000000204. The van der Waals surface area contributed by atoms with Crippen LogP contribution in [0.25, 0.3) is 0 Å². The number of fused-ring (bicyclic) bond motifs is 10. The molecule has 10 rings (SSSR count). The van der Waals surface area contributed by atoms with E-state index in [1.807, 2.05) is 66.2 Å². The maximum absolute atomic E-state index is 10.3. The van der Waals surface area contributed by atoms with Crippen molar-refractivity contribution in [3.05, 3.63) is 95.1 Å². The van der Waals surface area contributed by atoms with Gasteiger partial charge in [-0.05, 0) is 274 Å². The van der Waals surface area contributed by atoms with Gasteiger partial charge < -0.3 is 5.11 Å². The Morgan fingerprint density at radius 2 is 0.951 bits per heavy atom. The molecule has 0 aromatic heterocycles. The molecule has 6 fully saturated rings. The largest absolute Gasteiger partial charge is 0.393 e. The third-order valence-electron chi connectivity index (χ3n) is 22.0. The van der Waals surface area contributed by atoms with Crippen LogP contribution in [0.3, 0.4) is 0 Å². The third kappa shape index (κ3) is 16.1. The molecule has 8 aliphatic carbocycles. The summed E-state index contributed by atoms with van der Waals surface area (Å²) >= 11 is 9.21. The van der Waals surface area contributed by atoms with Crippen molar-refractivity contribution in [2.75, 3.05) is 0 Å². The fraction of sp³-hybridized carbons (Fsp3) is 0.611. The number of allylic oxidation sites excluding steroid dienone is 3. The lowest BCUT2D eigenvalue weighted by Crippen LogP contribution is -2.50. The highest BCUT2D eigenvalue weighted by molar-refractivity contribution is 8.70. The first-order valence-electron chi connectivity index (χ1n) is 30.1. The highest BCUT2D eigenvalue weighted by Gasteiger charge is 2.60. The van der Waals surface area contributed by atoms with Gasteiger partial charge in [-0.15, -0.1) is 0 Å². The predicted molar refractivity (Wildman–Crippen MR) is 366 cm³/mol. The Kier molecular flexibility index (Phi) is 25.4. The second kappa shape index (κ2) is 31.4. The van der Waals surface area contributed by atoms with E-state index in [0.29, 0.717) is 27.6 Å². The third-order valence-corrected chi connectivity index (χ3v) is 33.2. The zero-order chi connectivity index (χ0) is 56.6. The average Bonchev–Trinajstić information content (AvgIpc) is 4.03. The number of aliphatic hydroxyl groups excluding tert-OH is 1. The molecular formula is C72H90OS8. The van der Waals surface area contributed by atoms with E-state index >= 15 is 0 Å². The highest BCUT2D eigenvalue weighted by Crippen LogP contribution is 2.69. The van der Waals surface area contributed by atoms with Crippen molar-refractivity contribution in [3.63, 3.8) is 0 Å². The summed E-state index contributed by atoms with van der Waals surface area (Å²) in [5, 5.41) is 10.3. The number of hydrogen-bond acceptors (Lipinski definition) is 3. The van der Waals surface area contributed by atoms with Gasteiger partial charge in [-0.25, -0.2) is 0 Å². The van der Waals surface area contributed by atoms with Crippen molar-refractivity contribution < 1.29 is 5.11 Å². The second-order valence-electron chi connectivity index (χ2n) is 26.0. The Morgan fingerprint density at radius 3 is 1.41 bits per heavy atom. The lowest BCUT2D eigenvalue weighted by Gasteiger charge is -2.58. The Bertz CT molecular complexity index is 3020. The van der Waals surface area contributed by atoms with E-state index in [9.17, 15) is 5.11 Å². The van der Waals surface area contributed by atoms with Gasteiger partial charge in [-0.2, -0.15) is 0 Å². The smallest absolute Gasteiger partial charge is 0.0577 e. The van der Waals surface area contributed by atoms with Crippen molar-refractivity contribution in [1.29, 1.82) is 0 Å². The summed E-state index contributed by atoms with van der Waals surface area (Å²) in [6.07, 6.45) is 30.7. The van der Waals surface area contributed by atoms with Gasteiger partial charge in [0.1, 0.15) is 0 Å². The summed E-state index contributed by atoms with van der Waals surface area (Å²) in [5.41, 5.74) is 7.27. The molecule has 8 aliphatic rings. The van der Waals surface area contributed by atoms with Gasteiger partial charge in [-0.1, -0.05) is 139 Å². The molecule has 9 heteroatoms. The maximum atomic E-state index is 10.3. The van der Waals surface area contributed by atoms with Crippen LogP contribution in [-0.4, -0.2) is 11.2 Å². The maximum Gasteiger partial charge on any atom is 0.0577 e. The van der Waals surface area contributed by atoms with E-state index in [1.165, 1.54) is 120 Å². The van der Waals surface area contributed by atoms with Crippen LogP contribution in [0.5, 0.6) is 0 Å². The van der Waals surface area contributed by atoms with Crippen molar-refractivity contribution in [2.45, 2.75) is 190 Å². The van der Waals surface area contributed by atoms with Crippen LogP contribution in [0, 0.1) is 158 Å². The molecule has 0 aliphatic heterocycles. The molecule has 16 atom stereocenters. The average molecular weight is 1230 g/mol. The van der Waals surface area contributed by atoms with Crippen LogP contribution in [0.15, 0.2) is 84.0 Å². The normalized spacial score (nSPS) is 33.7. The van der Waals surface area contributed by atoms with Crippen molar-refractivity contribution in [1.82, 2.24) is 0 Å². The molecule has 81 heavy (non-hydrogen) atoms. The quantitative estimate of drug-likeness (QED) is 0.230. The molecule has 0 bridgehead atoms. The highest BCUT2D eigenvalue weighted by atomic mass is 33.4. The lowest BCUT2D eigenvalue weighted by atomic mass is 9.46. The van der Waals surface area contributed by atoms with Gasteiger partial charge in [0.15, 0.2) is 0 Å². The van der Waals surface area contributed by atoms with Crippen molar-refractivity contribution in [3.8, 4) is 71.0 Å². The fourth-order valence-electron chi connectivity index (χ4n) is 18.1. The molecule has 0 spiro atoms. The minimum absolute atomic E-state index is 0.